The first-order valence-electron chi connectivity index (χ1n) is 3.43. The van der Waals surface area contributed by atoms with E-state index in [1.54, 1.807) is 6.08 Å². The Morgan fingerprint density at radius 3 is 3.17 bits per heavy atom. The van der Waals surface area contributed by atoms with Gasteiger partial charge in [0.15, 0.2) is 0 Å². The van der Waals surface area contributed by atoms with E-state index in [0.717, 1.165) is 0 Å². The van der Waals surface area contributed by atoms with Crippen molar-refractivity contribution in [3.05, 3.63) is 24.4 Å². The Balaban J connectivity index is 2.65. The summed E-state index contributed by atoms with van der Waals surface area (Å²) in [5.74, 6) is 0.0257. The van der Waals surface area contributed by atoms with E-state index >= 15 is 0 Å². The Morgan fingerprint density at radius 2 is 2.67 bits per heavy atom. The van der Waals surface area contributed by atoms with Crippen LogP contribution >= 0.6 is 0 Å². The molecule has 1 amide bonds. The summed E-state index contributed by atoms with van der Waals surface area (Å²) in [6.45, 7) is 3.89. The van der Waals surface area contributed by atoms with Crippen LogP contribution in [-0.2, 0) is 0 Å². The zero-order valence-corrected chi connectivity index (χ0v) is 6.50. The third-order valence-corrected chi connectivity index (χ3v) is 1.32. The highest BCUT2D eigenvalue weighted by Gasteiger charge is 2.09. The number of amides is 1. The van der Waals surface area contributed by atoms with Crippen LogP contribution in [0.1, 0.15) is 10.4 Å². The maximum absolute atomic E-state index is 11.2. The first kappa shape index (κ1) is 8.32. The largest absolute Gasteiger partial charge is 0.383 e. The molecule has 4 N–H and O–H groups in total. The molecule has 64 valence electrons. The lowest BCUT2D eigenvalue weighted by Gasteiger charge is -1.98. The summed E-state index contributed by atoms with van der Waals surface area (Å²) in [5.41, 5.74) is 5.77. The molecule has 0 aromatic carbocycles. The maximum Gasteiger partial charge on any atom is 0.256 e. The monoisotopic (exact) mass is 166 g/mol. The molecule has 5 nitrogen and oxygen atoms in total. The van der Waals surface area contributed by atoms with Crippen LogP contribution in [0.25, 0.3) is 0 Å². The van der Waals surface area contributed by atoms with Crippen LogP contribution in [0.5, 0.6) is 0 Å². The fraction of sp³-hybridized carbons (Fsp3) is 0.143. The van der Waals surface area contributed by atoms with Gasteiger partial charge in [0.1, 0.15) is 11.4 Å². The summed E-state index contributed by atoms with van der Waals surface area (Å²) in [4.78, 5) is 11.2. The van der Waals surface area contributed by atoms with Crippen molar-refractivity contribution in [2.45, 2.75) is 0 Å². The minimum absolute atomic E-state index is 0.249. The van der Waals surface area contributed by atoms with E-state index in [9.17, 15) is 4.79 Å². The van der Waals surface area contributed by atoms with Crippen molar-refractivity contribution >= 4 is 11.7 Å². The van der Waals surface area contributed by atoms with Crippen molar-refractivity contribution in [3.63, 3.8) is 0 Å². The van der Waals surface area contributed by atoms with Crippen LogP contribution in [0.4, 0.5) is 5.82 Å². The predicted molar refractivity (Wildman–Crippen MR) is 45.5 cm³/mol. The van der Waals surface area contributed by atoms with Gasteiger partial charge in [0, 0.05) is 6.54 Å². The highest BCUT2D eigenvalue weighted by molar-refractivity contribution is 5.98. The van der Waals surface area contributed by atoms with Crippen molar-refractivity contribution < 1.29 is 4.79 Å². The molecule has 5 heteroatoms. The van der Waals surface area contributed by atoms with Gasteiger partial charge < -0.3 is 11.1 Å². The number of hydrogen-bond donors (Lipinski definition) is 3. The van der Waals surface area contributed by atoms with Crippen LogP contribution in [0, 0.1) is 0 Å². The topological polar surface area (TPSA) is 83.8 Å². The van der Waals surface area contributed by atoms with Gasteiger partial charge in [0.05, 0.1) is 6.20 Å². The summed E-state index contributed by atoms with van der Waals surface area (Å²) in [7, 11) is 0. The van der Waals surface area contributed by atoms with E-state index in [4.69, 9.17) is 5.73 Å². The summed E-state index contributed by atoms with van der Waals surface area (Å²) in [6.07, 6.45) is 2.97. The number of H-pyrrole nitrogens is 1. The first-order valence-corrected chi connectivity index (χ1v) is 3.43. The zero-order valence-electron chi connectivity index (χ0n) is 6.50. The van der Waals surface area contributed by atoms with Gasteiger partial charge in [0.25, 0.3) is 5.91 Å². The molecule has 0 aliphatic rings. The van der Waals surface area contributed by atoms with E-state index in [1.165, 1.54) is 6.20 Å². The number of aromatic amines is 1. The number of carbonyl (C=O) groups is 1. The molecule has 0 aliphatic heterocycles. The highest BCUT2D eigenvalue weighted by atomic mass is 16.1. The maximum atomic E-state index is 11.2. The predicted octanol–water partition coefficient (Wildman–Crippen LogP) is -0.0923. The number of nitrogens with one attached hydrogen (secondary N) is 2. The molecule has 1 aromatic heterocycles. The van der Waals surface area contributed by atoms with Crippen LogP contribution in [-0.4, -0.2) is 22.6 Å². The van der Waals surface area contributed by atoms with Crippen LogP contribution in [0.3, 0.4) is 0 Å². The van der Waals surface area contributed by atoms with E-state index in [2.05, 4.69) is 22.1 Å². The van der Waals surface area contributed by atoms with Crippen molar-refractivity contribution in [3.8, 4) is 0 Å². The van der Waals surface area contributed by atoms with Gasteiger partial charge >= 0.3 is 0 Å². The van der Waals surface area contributed by atoms with Gasteiger partial charge in [-0.25, -0.2) is 0 Å². The minimum Gasteiger partial charge on any atom is -0.383 e. The Kier molecular flexibility index (Phi) is 2.47. The molecule has 1 rings (SSSR count). The fourth-order valence-corrected chi connectivity index (χ4v) is 0.737. The van der Waals surface area contributed by atoms with Gasteiger partial charge in [-0.05, 0) is 0 Å². The number of rotatable bonds is 3. The molecule has 1 heterocycles. The molecule has 1 aromatic rings. The molecule has 0 atom stereocenters. The van der Waals surface area contributed by atoms with Crippen molar-refractivity contribution in [2.75, 3.05) is 12.3 Å². The number of hydrogen-bond acceptors (Lipinski definition) is 3. The Labute approximate surface area is 69.7 Å². The Bertz CT molecular complexity index is 291. The third kappa shape index (κ3) is 1.63. The van der Waals surface area contributed by atoms with E-state index < -0.39 is 0 Å². The van der Waals surface area contributed by atoms with Crippen molar-refractivity contribution in [1.82, 2.24) is 15.5 Å². The van der Waals surface area contributed by atoms with Crippen molar-refractivity contribution in [1.29, 1.82) is 0 Å². The second-order valence-electron chi connectivity index (χ2n) is 2.20. The molecule has 0 spiro atoms. The van der Waals surface area contributed by atoms with Gasteiger partial charge in [-0.2, -0.15) is 5.10 Å². The second-order valence-corrected chi connectivity index (χ2v) is 2.20. The molecule has 0 fully saturated rings. The first-order chi connectivity index (χ1) is 5.75. The second kappa shape index (κ2) is 3.56. The zero-order chi connectivity index (χ0) is 8.97. The average molecular weight is 166 g/mol. The SMILES string of the molecule is C=CCNC(=O)c1cn[nH]c1N. The van der Waals surface area contributed by atoms with E-state index in [-0.39, 0.29) is 11.7 Å². The quantitative estimate of drug-likeness (QED) is 0.548. The number of nitrogens with two attached hydrogens (primary N) is 1. The minimum atomic E-state index is -0.249. The number of anilines is 1. The average Bonchev–Trinajstić information content (AvgIpc) is 2.47. The molecular formula is C7H10N4O. The van der Waals surface area contributed by atoms with Crippen LogP contribution in [0.2, 0.25) is 0 Å². The van der Waals surface area contributed by atoms with Crippen LogP contribution < -0.4 is 11.1 Å². The van der Waals surface area contributed by atoms with Gasteiger partial charge in [-0.3, -0.25) is 9.89 Å². The van der Waals surface area contributed by atoms with Crippen LogP contribution in [0.15, 0.2) is 18.9 Å². The molecule has 0 aliphatic carbocycles. The number of aromatic nitrogens is 2. The van der Waals surface area contributed by atoms with E-state index in [1.807, 2.05) is 0 Å². The highest BCUT2D eigenvalue weighted by Crippen LogP contribution is 2.04. The standard InChI is InChI=1S/C7H10N4O/c1-2-3-9-7(12)5-4-10-11-6(5)8/h2,4H,1,3H2,(H,9,12)(H3,8,10,11). The Hall–Kier alpha value is -1.78. The molecule has 0 bridgehead atoms. The molecule has 0 radical (unpaired) electrons. The molecule has 0 saturated heterocycles. The molecule has 12 heavy (non-hydrogen) atoms. The number of nitrogen functional groups attached to an aromatic ring is 1. The normalized spacial score (nSPS) is 9.33. The molecular weight excluding hydrogens is 156 g/mol. The smallest absolute Gasteiger partial charge is 0.256 e. The van der Waals surface area contributed by atoms with Crippen molar-refractivity contribution in [2.24, 2.45) is 0 Å². The summed E-state index contributed by atoms with van der Waals surface area (Å²) in [5, 5.41) is 8.66. The summed E-state index contributed by atoms with van der Waals surface area (Å²) < 4.78 is 0. The summed E-state index contributed by atoms with van der Waals surface area (Å²) >= 11 is 0. The lowest BCUT2D eigenvalue weighted by atomic mass is 10.3. The summed E-state index contributed by atoms with van der Waals surface area (Å²) in [6, 6.07) is 0. The molecule has 0 unspecified atom stereocenters. The van der Waals surface area contributed by atoms with Gasteiger partial charge in [0.2, 0.25) is 0 Å². The third-order valence-electron chi connectivity index (χ3n) is 1.32. The number of carbonyl (C=O) groups excluding carboxylic acids is 1. The Morgan fingerprint density at radius 1 is 1.92 bits per heavy atom. The lowest BCUT2D eigenvalue weighted by Crippen LogP contribution is -2.23. The van der Waals surface area contributed by atoms with Gasteiger partial charge in [-0.1, -0.05) is 6.08 Å². The van der Waals surface area contributed by atoms with Gasteiger partial charge in [-0.15, -0.1) is 6.58 Å². The van der Waals surface area contributed by atoms with E-state index in [0.29, 0.717) is 12.1 Å². The molecule has 0 saturated carbocycles. The lowest BCUT2D eigenvalue weighted by molar-refractivity contribution is 0.0959. The number of nitrogens with zero attached hydrogens (tertiary/aromatic N) is 1. The fourth-order valence-electron chi connectivity index (χ4n) is 0.737.